The standard InChI is InChI=1S/C19H36N2O4/c1-11(2)13(17(5,6)24)21(14(12(3)4)18(7,8)25)16(23)19(9-10-19)15(20)22/h11-14,24-25H,9-10H2,1-8H3,(H2,20,22)/t13-,14-/m1/s1. The summed E-state index contributed by atoms with van der Waals surface area (Å²) in [6, 6.07) is -1.12. The van der Waals surface area contributed by atoms with Crippen LogP contribution in [0.25, 0.3) is 0 Å². The zero-order valence-corrected chi connectivity index (χ0v) is 17.0. The van der Waals surface area contributed by atoms with Crippen LogP contribution in [0.3, 0.4) is 0 Å². The van der Waals surface area contributed by atoms with Crippen molar-refractivity contribution in [3.63, 3.8) is 0 Å². The highest BCUT2D eigenvalue weighted by atomic mass is 16.3. The lowest BCUT2D eigenvalue weighted by molar-refractivity contribution is -0.167. The van der Waals surface area contributed by atoms with Crippen LogP contribution in [0.5, 0.6) is 0 Å². The molecule has 1 rings (SSSR count). The van der Waals surface area contributed by atoms with Crippen molar-refractivity contribution < 1.29 is 19.8 Å². The van der Waals surface area contributed by atoms with E-state index in [-0.39, 0.29) is 17.7 Å². The molecule has 0 radical (unpaired) electrons. The van der Waals surface area contributed by atoms with E-state index in [9.17, 15) is 19.8 Å². The van der Waals surface area contributed by atoms with E-state index in [0.29, 0.717) is 12.8 Å². The second kappa shape index (κ2) is 6.88. The molecule has 0 spiro atoms. The van der Waals surface area contributed by atoms with Gasteiger partial charge in [-0.05, 0) is 52.4 Å². The third kappa shape index (κ3) is 4.34. The number of nitrogens with two attached hydrogens (primary N) is 1. The largest absolute Gasteiger partial charge is 0.388 e. The van der Waals surface area contributed by atoms with Gasteiger partial charge in [-0.1, -0.05) is 27.7 Å². The first-order valence-electron chi connectivity index (χ1n) is 9.14. The average molecular weight is 357 g/mol. The zero-order chi connectivity index (χ0) is 20.0. The molecule has 4 N–H and O–H groups in total. The molecule has 1 aliphatic carbocycles. The molecular weight excluding hydrogens is 320 g/mol. The Labute approximate surface area is 151 Å². The van der Waals surface area contributed by atoms with E-state index in [4.69, 9.17) is 5.73 Å². The highest BCUT2D eigenvalue weighted by molar-refractivity contribution is 6.07. The number of hydrogen-bond acceptors (Lipinski definition) is 4. The molecule has 0 bridgehead atoms. The number of nitrogens with zero attached hydrogens (tertiary/aromatic N) is 1. The number of aliphatic hydroxyl groups is 2. The Kier molecular flexibility index (Phi) is 6.02. The normalized spacial score (nSPS) is 19.7. The van der Waals surface area contributed by atoms with Crippen LogP contribution in [-0.4, -0.2) is 50.2 Å². The highest BCUT2D eigenvalue weighted by Gasteiger charge is 2.60. The Balaban J connectivity index is 3.56. The number of rotatable bonds is 8. The quantitative estimate of drug-likeness (QED) is 0.575. The molecule has 0 aromatic carbocycles. The predicted octanol–water partition coefficient (Wildman–Crippen LogP) is 1.67. The minimum absolute atomic E-state index is 0.0729. The first kappa shape index (κ1) is 21.9. The first-order valence-corrected chi connectivity index (χ1v) is 9.14. The fourth-order valence-electron chi connectivity index (χ4n) is 4.32. The summed E-state index contributed by atoms with van der Waals surface area (Å²) in [5.41, 5.74) is 1.94. The number of carbonyl (C=O) groups is 2. The third-order valence-corrected chi connectivity index (χ3v) is 5.18. The Bertz CT molecular complexity index is 484. The SMILES string of the molecule is CC(C)[C@@H](N(C(=O)C1(C(N)=O)CC1)[C@H](C(C)C)C(C)(C)O)C(C)(C)O. The molecule has 25 heavy (non-hydrogen) atoms. The van der Waals surface area contributed by atoms with Crippen LogP contribution < -0.4 is 5.73 Å². The van der Waals surface area contributed by atoms with Crippen molar-refractivity contribution in [1.29, 1.82) is 0 Å². The summed E-state index contributed by atoms with van der Waals surface area (Å²) in [7, 11) is 0. The lowest BCUT2D eigenvalue weighted by atomic mass is 9.80. The Morgan fingerprint density at radius 1 is 0.920 bits per heavy atom. The number of primary amides is 1. The summed E-state index contributed by atoms with van der Waals surface area (Å²) < 4.78 is 0. The van der Waals surface area contributed by atoms with Gasteiger partial charge in [0.1, 0.15) is 5.41 Å². The molecule has 2 amide bonds. The Morgan fingerprint density at radius 3 is 1.40 bits per heavy atom. The second-order valence-electron chi connectivity index (χ2n) is 9.34. The van der Waals surface area contributed by atoms with E-state index in [1.54, 1.807) is 32.6 Å². The van der Waals surface area contributed by atoms with Gasteiger partial charge in [0, 0.05) is 0 Å². The van der Waals surface area contributed by atoms with Crippen molar-refractivity contribution in [2.24, 2.45) is 23.0 Å². The van der Waals surface area contributed by atoms with Gasteiger partial charge < -0.3 is 20.8 Å². The summed E-state index contributed by atoms with van der Waals surface area (Å²) in [6.07, 6.45) is 0.843. The molecule has 0 heterocycles. The monoisotopic (exact) mass is 356 g/mol. The van der Waals surface area contributed by atoms with Crippen LogP contribution in [0.2, 0.25) is 0 Å². The van der Waals surface area contributed by atoms with E-state index in [1.165, 1.54) is 0 Å². The summed E-state index contributed by atoms with van der Waals surface area (Å²) in [4.78, 5) is 27.0. The Hall–Kier alpha value is -1.14. The van der Waals surface area contributed by atoms with Gasteiger partial charge in [0.15, 0.2) is 0 Å². The van der Waals surface area contributed by atoms with Gasteiger partial charge >= 0.3 is 0 Å². The van der Waals surface area contributed by atoms with E-state index >= 15 is 0 Å². The maximum absolute atomic E-state index is 13.5. The van der Waals surface area contributed by atoms with Crippen molar-refractivity contribution in [3.05, 3.63) is 0 Å². The molecule has 146 valence electrons. The topological polar surface area (TPSA) is 104 Å². The third-order valence-electron chi connectivity index (χ3n) is 5.18. The van der Waals surface area contributed by atoms with Gasteiger partial charge in [0.2, 0.25) is 11.8 Å². The molecule has 1 fully saturated rings. The van der Waals surface area contributed by atoms with Gasteiger partial charge in [0.25, 0.3) is 0 Å². The highest BCUT2D eigenvalue weighted by Crippen LogP contribution is 2.49. The molecule has 0 aliphatic heterocycles. The number of hydrogen-bond donors (Lipinski definition) is 3. The summed E-state index contributed by atoms with van der Waals surface area (Å²) in [5.74, 6) is -1.15. The fourth-order valence-corrected chi connectivity index (χ4v) is 4.32. The Morgan fingerprint density at radius 2 is 1.24 bits per heavy atom. The van der Waals surface area contributed by atoms with Crippen LogP contribution in [0.1, 0.15) is 68.2 Å². The first-order chi connectivity index (χ1) is 11.1. The van der Waals surface area contributed by atoms with Crippen molar-refractivity contribution in [2.45, 2.75) is 91.5 Å². The van der Waals surface area contributed by atoms with E-state index < -0.39 is 34.6 Å². The number of amides is 2. The molecule has 0 unspecified atom stereocenters. The summed E-state index contributed by atoms with van der Waals surface area (Å²) >= 11 is 0. The van der Waals surface area contributed by atoms with Crippen LogP contribution in [0, 0.1) is 17.3 Å². The summed E-state index contributed by atoms with van der Waals surface area (Å²) in [6.45, 7) is 14.3. The molecule has 1 saturated carbocycles. The molecule has 0 aromatic heterocycles. The molecule has 0 aromatic rings. The lowest BCUT2D eigenvalue weighted by Gasteiger charge is -2.51. The van der Waals surface area contributed by atoms with Crippen LogP contribution in [0.4, 0.5) is 0 Å². The van der Waals surface area contributed by atoms with Crippen molar-refractivity contribution in [2.75, 3.05) is 0 Å². The van der Waals surface area contributed by atoms with E-state index in [1.807, 2.05) is 27.7 Å². The van der Waals surface area contributed by atoms with Crippen molar-refractivity contribution >= 4 is 11.8 Å². The molecular formula is C19H36N2O4. The second-order valence-corrected chi connectivity index (χ2v) is 9.34. The van der Waals surface area contributed by atoms with Gasteiger partial charge in [-0.2, -0.15) is 0 Å². The average Bonchev–Trinajstić information content (AvgIpc) is 3.13. The smallest absolute Gasteiger partial charge is 0.238 e. The van der Waals surface area contributed by atoms with Gasteiger partial charge in [-0.25, -0.2) is 0 Å². The predicted molar refractivity (Wildman–Crippen MR) is 97.6 cm³/mol. The van der Waals surface area contributed by atoms with Crippen LogP contribution in [0.15, 0.2) is 0 Å². The molecule has 2 atom stereocenters. The molecule has 1 aliphatic rings. The molecule has 6 heteroatoms. The maximum atomic E-state index is 13.5. The minimum atomic E-state index is -1.20. The van der Waals surface area contributed by atoms with Gasteiger partial charge in [-0.3, -0.25) is 9.59 Å². The van der Waals surface area contributed by atoms with Crippen LogP contribution in [-0.2, 0) is 9.59 Å². The molecule has 0 saturated heterocycles. The number of carbonyl (C=O) groups excluding carboxylic acids is 2. The summed E-state index contributed by atoms with van der Waals surface area (Å²) in [5, 5.41) is 21.6. The van der Waals surface area contributed by atoms with E-state index in [2.05, 4.69) is 0 Å². The van der Waals surface area contributed by atoms with Crippen molar-refractivity contribution in [1.82, 2.24) is 4.90 Å². The van der Waals surface area contributed by atoms with Crippen molar-refractivity contribution in [3.8, 4) is 0 Å². The fraction of sp³-hybridized carbons (Fsp3) is 0.895. The minimum Gasteiger partial charge on any atom is -0.388 e. The van der Waals surface area contributed by atoms with Gasteiger partial charge in [0.05, 0.1) is 23.3 Å². The van der Waals surface area contributed by atoms with E-state index in [0.717, 1.165) is 0 Å². The van der Waals surface area contributed by atoms with Gasteiger partial charge in [-0.15, -0.1) is 0 Å². The zero-order valence-electron chi connectivity index (χ0n) is 17.0. The van der Waals surface area contributed by atoms with Crippen LogP contribution >= 0.6 is 0 Å². The molecule has 6 nitrogen and oxygen atoms in total. The maximum Gasteiger partial charge on any atom is 0.238 e. The lowest BCUT2D eigenvalue weighted by Crippen LogP contribution is -2.66.